The molecule has 4 rings (SSSR count). The van der Waals surface area contributed by atoms with Crippen molar-refractivity contribution in [1.29, 1.82) is 0 Å². The molecule has 0 radical (unpaired) electrons. The van der Waals surface area contributed by atoms with Gasteiger partial charge in [-0.3, -0.25) is 4.79 Å². The van der Waals surface area contributed by atoms with Gasteiger partial charge in [-0.05, 0) is 39.3 Å². The lowest BCUT2D eigenvalue weighted by Gasteiger charge is -2.41. The molecule has 0 N–H and O–H groups in total. The fourth-order valence-electron chi connectivity index (χ4n) is 3.59. The van der Waals surface area contributed by atoms with Crippen molar-refractivity contribution in [3.8, 4) is 0 Å². The zero-order chi connectivity index (χ0) is 18.5. The second-order valence-electron chi connectivity index (χ2n) is 7.75. The van der Waals surface area contributed by atoms with Crippen LogP contribution in [0.5, 0.6) is 0 Å². The van der Waals surface area contributed by atoms with Crippen LogP contribution in [0.2, 0.25) is 0 Å². The molecule has 3 aliphatic heterocycles. The number of fused-ring (bicyclic) bond motifs is 3. The number of Topliss-reactive ketones (excluding diaryl/α,β-unsaturated/α-hetero) is 1. The van der Waals surface area contributed by atoms with E-state index in [4.69, 9.17) is 23.7 Å². The van der Waals surface area contributed by atoms with Crippen LogP contribution in [0.3, 0.4) is 0 Å². The van der Waals surface area contributed by atoms with Crippen molar-refractivity contribution in [2.45, 2.75) is 63.7 Å². The van der Waals surface area contributed by atoms with E-state index >= 15 is 0 Å². The Hall–Kier alpha value is -1.73. The maximum atomic E-state index is 13.1. The standard InChI is InChI=1S/C20H24O6/c1-19(2)22-11-14-16(24-19)18-17(25-20(3,4)26-18)15(21)13(23-14)10-12-8-6-5-7-9-12/h5-10,14,16-18H,11H2,1-4H3/b13-10-/t14-,16-,17-,18+/m1/s1. The molecule has 3 heterocycles. The Morgan fingerprint density at radius 2 is 1.65 bits per heavy atom. The molecule has 0 bridgehead atoms. The van der Waals surface area contributed by atoms with Crippen LogP contribution in [-0.2, 0) is 28.5 Å². The van der Waals surface area contributed by atoms with E-state index in [1.807, 2.05) is 44.2 Å². The zero-order valence-corrected chi connectivity index (χ0v) is 15.4. The lowest BCUT2D eigenvalue weighted by atomic mass is 10.00. The van der Waals surface area contributed by atoms with Crippen LogP contribution in [0.4, 0.5) is 0 Å². The van der Waals surface area contributed by atoms with E-state index in [2.05, 4.69) is 0 Å². The summed E-state index contributed by atoms with van der Waals surface area (Å²) in [7, 11) is 0. The monoisotopic (exact) mass is 360 g/mol. The normalized spacial score (nSPS) is 36.8. The minimum atomic E-state index is -0.865. The Morgan fingerprint density at radius 3 is 2.38 bits per heavy atom. The van der Waals surface area contributed by atoms with E-state index in [-0.39, 0.29) is 11.5 Å². The van der Waals surface area contributed by atoms with Gasteiger partial charge in [0.1, 0.15) is 12.2 Å². The average Bonchev–Trinajstić information content (AvgIpc) is 2.87. The summed E-state index contributed by atoms with van der Waals surface area (Å²) < 4.78 is 29.8. The van der Waals surface area contributed by atoms with Crippen molar-refractivity contribution in [1.82, 2.24) is 0 Å². The fourth-order valence-corrected chi connectivity index (χ4v) is 3.59. The molecule has 3 fully saturated rings. The van der Waals surface area contributed by atoms with E-state index in [9.17, 15) is 4.79 Å². The number of carbonyl (C=O) groups excluding carboxylic acids is 1. The van der Waals surface area contributed by atoms with Crippen LogP contribution in [-0.4, -0.2) is 48.4 Å². The molecule has 6 nitrogen and oxygen atoms in total. The molecular weight excluding hydrogens is 336 g/mol. The van der Waals surface area contributed by atoms with Gasteiger partial charge in [0.15, 0.2) is 29.5 Å². The Bertz CT molecular complexity index is 723. The summed E-state index contributed by atoms with van der Waals surface area (Å²) in [5.74, 6) is -1.63. The van der Waals surface area contributed by atoms with Gasteiger partial charge < -0.3 is 23.7 Å². The molecule has 0 aromatic heterocycles. The highest BCUT2D eigenvalue weighted by Gasteiger charge is 2.57. The van der Waals surface area contributed by atoms with Gasteiger partial charge >= 0.3 is 0 Å². The second-order valence-corrected chi connectivity index (χ2v) is 7.75. The first-order valence-electron chi connectivity index (χ1n) is 8.89. The van der Waals surface area contributed by atoms with Gasteiger partial charge in [-0.15, -0.1) is 0 Å². The highest BCUT2D eigenvalue weighted by molar-refractivity contribution is 6.01. The largest absolute Gasteiger partial charge is 0.481 e. The van der Waals surface area contributed by atoms with Gasteiger partial charge in [-0.25, -0.2) is 0 Å². The average molecular weight is 360 g/mol. The van der Waals surface area contributed by atoms with E-state index in [1.165, 1.54) is 0 Å². The van der Waals surface area contributed by atoms with Crippen LogP contribution in [0.1, 0.15) is 33.3 Å². The van der Waals surface area contributed by atoms with Crippen molar-refractivity contribution in [2.75, 3.05) is 6.61 Å². The maximum Gasteiger partial charge on any atom is 0.228 e. The maximum absolute atomic E-state index is 13.1. The van der Waals surface area contributed by atoms with Crippen LogP contribution in [0.25, 0.3) is 6.08 Å². The molecule has 0 amide bonds. The quantitative estimate of drug-likeness (QED) is 0.718. The number of ether oxygens (including phenoxy) is 5. The van der Waals surface area contributed by atoms with Crippen molar-refractivity contribution in [3.05, 3.63) is 41.7 Å². The molecule has 0 unspecified atom stereocenters. The molecule has 0 saturated carbocycles. The van der Waals surface area contributed by atoms with Crippen LogP contribution >= 0.6 is 0 Å². The van der Waals surface area contributed by atoms with Gasteiger partial charge in [0.05, 0.1) is 6.61 Å². The first-order valence-corrected chi connectivity index (χ1v) is 8.89. The number of hydrogen-bond donors (Lipinski definition) is 0. The van der Waals surface area contributed by atoms with Crippen molar-refractivity contribution in [2.24, 2.45) is 0 Å². The number of ketones is 1. The molecular formula is C20H24O6. The number of benzene rings is 1. The van der Waals surface area contributed by atoms with Gasteiger partial charge in [0.2, 0.25) is 5.78 Å². The predicted molar refractivity (Wildman–Crippen MR) is 93.0 cm³/mol. The van der Waals surface area contributed by atoms with Crippen LogP contribution < -0.4 is 0 Å². The third kappa shape index (κ3) is 3.30. The summed E-state index contributed by atoms with van der Waals surface area (Å²) in [5.41, 5.74) is 0.877. The van der Waals surface area contributed by atoms with E-state index in [0.29, 0.717) is 6.61 Å². The summed E-state index contributed by atoms with van der Waals surface area (Å²) in [5, 5.41) is 0. The highest BCUT2D eigenvalue weighted by Crippen LogP contribution is 2.40. The predicted octanol–water partition coefficient (Wildman–Crippen LogP) is 2.67. The molecule has 1 aromatic carbocycles. The number of carbonyl (C=O) groups is 1. The molecule has 140 valence electrons. The van der Waals surface area contributed by atoms with E-state index < -0.39 is 36.0 Å². The minimum absolute atomic E-state index is 0.236. The SMILES string of the molecule is CC1(C)OC[C@H]2O/C(=C\c3ccccc3)C(=O)[C@H]3OC(C)(C)O[C@H]3[C@@H]2O1. The highest BCUT2D eigenvalue weighted by atomic mass is 16.8. The van der Waals surface area contributed by atoms with Gasteiger partial charge in [0.25, 0.3) is 0 Å². The summed E-state index contributed by atoms with van der Waals surface area (Å²) in [6.45, 7) is 7.59. The van der Waals surface area contributed by atoms with Crippen LogP contribution in [0, 0.1) is 0 Å². The minimum Gasteiger partial charge on any atom is -0.481 e. The van der Waals surface area contributed by atoms with E-state index in [0.717, 1.165) is 5.56 Å². The first-order chi connectivity index (χ1) is 12.2. The van der Waals surface area contributed by atoms with Gasteiger partial charge in [0, 0.05) is 0 Å². The first kappa shape index (κ1) is 17.7. The third-order valence-electron chi connectivity index (χ3n) is 4.71. The van der Waals surface area contributed by atoms with Crippen molar-refractivity contribution in [3.63, 3.8) is 0 Å². The second kappa shape index (κ2) is 6.16. The summed E-state index contributed by atoms with van der Waals surface area (Å²) in [6, 6.07) is 9.57. The van der Waals surface area contributed by atoms with Gasteiger partial charge in [-0.1, -0.05) is 30.3 Å². The summed E-state index contributed by atoms with van der Waals surface area (Å²) >= 11 is 0. The molecule has 0 aliphatic carbocycles. The molecule has 0 spiro atoms. The Kier molecular flexibility index (Phi) is 4.19. The topological polar surface area (TPSA) is 63.2 Å². The van der Waals surface area contributed by atoms with E-state index in [1.54, 1.807) is 19.9 Å². The molecule has 1 aromatic rings. The van der Waals surface area contributed by atoms with Crippen molar-refractivity contribution >= 4 is 11.9 Å². The Labute approximate surface area is 153 Å². The molecule has 4 atom stereocenters. The third-order valence-corrected chi connectivity index (χ3v) is 4.71. The molecule has 3 aliphatic rings. The molecule has 6 heteroatoms. The zero-order valence-electron chi connectivity index (χ0n) is 15.4. The molecule has 3 saturated heterocycles. The lowest BCUT2D eigenvalue weighted by molar-refractivity contribution is -0.321. The Balaban J connectivity index is 1.73. The van der Waals surface area contributed by atoms with Crippen molar-refractivity contribution < 1.29 is 28.5 Å². The fraction of sp³-hybridized carbons (Fsp3) is 0.550. The Morgan fingerprint density at radius 1 is 0.962 bits per heavy atom. The van der Waals surface area contributed by atoms with Gasteiger partial charge in [-0.2, -0.15) is 0 Å². The molecule has 26 heavy (non-hydrogen) atoms. The number of hydrogen-bond acceptors (Lipinski definition) is 6. The lowest BCUT2D eigenvalue weighted by Crippen LogP contribution is -2.55. The number of rotatable bonds is 1. The smallest absolute Gasteiger partial charge is 0.228 e. The summed E-state index contributed by atoms with van der Waals surface area (Å²) in [6.07, 6.45) is -0.502. The summed E-state index contributed by atoms with van der Waals surface area (Å²) in [4.78, 5) is 13.1. The van der Waals surface area contributed by atoms with Crippen LogP contribution in [0.15, 0.2) is 36.1 Å².